The van der Waals surface area contributed by atoms with Crippen molar-refractivity contribution in [3.05, 3.63) is 29.3 Å². The first-order chi connectivity index (χ1) is 11.7. The summed E-state index contributed by atoms with van der Waals surface area (Å²) >= 11 is 6.06. The van der Waals surface area contributed by atoms with Gasteiger partial charge in [0.15, 0.2) is 0 Å². The third-order valence-corrected chi connectivity index (χ3v) is 5.35. The second kappa shape index (κ2) is 6.52. The molecule has 3 amide bonds. The molecule has 1 heterocycles. The Labute approximate surface area is 153 Å². The van der Waals surface area contributed by atoms with E-state index in [1.807, 2.05) is 12.1 Å². The van der Waals surface area contributed by atoms with Crippen molar-refractivity contribution in [1.82, 2.24) is 10.2 Å². The van der Waals surface area contributed by atoms with Crippen molar-refractivity contribution in [2.24, 2.45) is 11.3 Å². The standard InChI is InChI=1S/C19H25ClN2O3/c1-13-10-18(2,3)12-19(11-13)16(23)22(17(24)21-19)8-9-25-15-7-5-4-6-14(15)20/h4-7,13H,8-12H2,1-3H3,(H,21,24)/t13-,19-/m1/s1. The molecule has 2 fully saturated rings. The van der Waals surface area contributed by atoms with Crippen LogP contribution >= 0.6 is 11.6 Å². The van der Waals surface area contributed by atoms with Gasteiger partial charge in [0.05, 0.1) is 11.6 Å². The van der Waals surface area contributed by atoms with Crippen LogP contribution in [0.5, 0.6) is 5.75 Å². The zero-order valence-electron chi connectivity index (χ0n) is 15.0. The first-order valence-electron chi connectivity index (χ1n) is 8.74. The predicted molar refractivity (Wildman–Crippen MR) is 96.7 cm³/mol. The van der Waals surface area contributed by atoms with Crippen molar-refractivity contribution < 1.29 is 14.3 Å². The van der Waals surface area contributed by atoms with Crippen molar-refractivity contribution in [1.29, 1.82) is 0 Å². The quantitative estimate of drug-likeness (QED) is 0.825. The molecule has 1 saturated carbocycles. The smallest absolute Gasteiger partial charge is 0.325 e. The Morgan fingerprint density at radius 1 is 1.28 bits per heavy atom. The lowest BCUT2D eigenvalue weighted by Gasteiger charge is -2.43. The summed E-state index contributed by atoms with van der Waals surface area (Å²) in [7, 11) is 0. The van der Waals surface area contributed by atoms with Crippen molar-refractivity contribution in [2.75, 3.05) is 13.2 Å². The van der Waals surface area contributed by atoms with Gasteiger partial charge in [-0.05, 0) is 42.7 Å². The van der Waals surface area contributed by atoms with E-state index in [0.29, 0.717) is 29.5 Å². The van der Waals surface area contributed by atoms with Gasteiger partial charge in [-0.1, -0.05) is 44.5 Å². The van der Waals surface area contributed by atoms with E-state index in [2.05, 4.69) is 26.1 Å². The molecule has 0 unspecified atom stereocenters. The zero-order chi connectivity index (χ0) is 18.2. The van der Waals surface area contributed by atoms with Crippen LogP contribution in [0.3, 0.4) is 0 Å². The van der Waals surface area contributed by atoms with Gasteiger partial charge >= 0.3 is 6.03 Å². The van der Waals surface area contributed by atoms with Crippen molar-refractivity contribution in [2.45, 2.75) is 45.6 Å². The van der Waals surface area contributed by atoms with Gasteiger partial charge in [-0.2, -0.15) is 0 Å². The number of carbonyl (C=O) groups excluding carboxylic acids is 2. The van der Waals surface area contributed by atoms with Crippen LogP contribution in [0.4, 0.5) is 4.79 Å². The fourth-order valence-electron chi connectivity index (χ4n) is 4.52. The van der Waals surface area contributed by atoms with E-state index >= 15 is 0 Å². The highest BCUT2D eigenvalue weighted by Gasteiger charge is 2.55. The lowest BCUT2D eigenvalue weighted by atomic mass is 9.64. The number of benzene rings is 1. The number of para-hydroxylation sites is 1. The molecule has 1 saturated heterocycles. The highest BCUT2D eigenvalue weighted by atomic mass is 35.5. The van der Waals surface area contributed by atoms with Gasteiger partial charge < -0.3 is 10.1 Å². The van der Waals surface area contributed by atoms with Gasteiger partial charge in [0.1, 0.15) is 17.9 Å². The van der Waals surface area contributed by atoms with Crippen LogP contribution in [0.25, 0.3) is 0 Å². The Kier molecular flexibility index (Phi) is 4.71. The minimum atomic E-state index is -0.761. The van der Waals surface area contributed by atoms with Gasteiger partial charge in [0.25, 0.3) is 5.91 Å². The Bertz CT molecular complexity index is 691. The maximum Gasteiger partial charge on any atom is 0.325 e. The number of carbonyl (C=O) groups is 2. The van der Waals surface area contributed by atoms with E-state index < -0.39 is 5.54 Å². The zero-order valence-corrected chi connectivity index (χ0v) is 15.7. The van der Waals surface area contributed by atoms with E-state index in [0.717, 1.165) is 6.42 Å². The molecule has 1 aromatic rings. The number of nitrogens with zero attached hydrogens (tertiary/aromatic N) is 1. The van der Waals surface area contributed by atoms with E-state index in [-0.39, 0.29) is 30.5 Å². The Balaban J connectivity index is 1.66. The average molecular weight is 365 g/mol. The topological polar surface area (TPSA) is 58.6 Å². The molecule has 25 heavy (non-hydrogen) atoms. The van der Waals surface area contributed by atoms with Crippen LogP contribution < -0.4 is 10.1 Å². The molecule has 3 rings (SSSR count). The molecule has 0 radical (unpaired) electrons. The Morgan fingerprint density at radius 2 is 2.00 bits per heavy atom. The Morgan fingerprint density at radius 3 is 2.68 bits per heavy atom. The summed E-state index contributed by atoms with van der Waals surface area (Å²) in [4.78, 5) is 26.7. The minimum absolute atomic E-state index is 0.0324. The molecule has 136 valence electrons. The number of urea groups is 1. The number of amides is 3. The third kappa shape index (κ3) is 3.61. The summed E-state index contributed by atoms with van der Waals surface area (Å²) in [6.07, 6.45) is 2.44. The fraction of sp³-hybridized carbons (Fsp3) is 0.579. The van der Waals surface area contributed by atoms with Gasteiger partial charge in [0.2, 0.25) is 0 Å². The van der Waals surface area contributed by atoms with Gasteiger partial charge in [-0.15, -0.1) is 0 Å². The van der Waals surface area contributed by atoms with E-state index in [4.69, 9.17) is 16.3 Å². The molecule has 1 aromatic carbocycles. The van der Waals surface area contributed by atoms with Crippen molar-refractivity contribution in [3.8, 4) is 5.75 Å². The van der Waals surface area contributed by atoms with E-state index in [1.54, 1.807) is 12.1 Å². The molecule has 2 aliphatic rings. The first kappa shape index (κ1) is 18.1. The lowest BCUT2D eigenvalue weighted by Crippen LogP contribution is -2.54. The highest BCUT2D eigenvalue weighted by molar-refractivity contribution is 6.32. The summed E-state index contributed by atoms with van der Waals surface area (Å²) in [6.45, 7) is 6.90. The van der Waals surface area contributed by atoms with Crippen LogP contribution in [-0.4, -0.2) is 35.5 Å². The normalized spacial score (nSPS) is 28.3. The molecule has 2 atom stereocenters. The lowest BCUT2D eigenvalue weighted by molar-refractivity contribution is -0.135. The summed E-state index contributed by atoms with van der Waals surface area (Å²) < 4.78 is 5.63. The van der Waals surface area contributed by atoms with Gasteiger partial charge in [0, 0.05) is 0 Å². The molecule has 5 nitrogen and oxygen atoms in total. The molecule has 1 aliphatic heterocycles. The van der Waals surface area contributed by atoms with E-state index in [9.17, 15) is 9.59 Å². The number of rotatable bonds is 4. The maximum absolute atomic E-state index is 13.0. The predicted octanol–water partition coefficient (Wildman–Crippen LogP) is 3.86. The number of hydrogen-bond acceptors (Lipinski definition) is 3. The molecule has 1 N–H and O–H groups in total. The average Bonchev–Trinajstić information content (AvgIpc) is 2.70. The number of halogens is 1. The first-order valence-corrected chi connectivity index (χ1v) is 9.12. The fourth-order valence-corrected chi connectivity index (χ4v) is 4.71. The van der Waals surface area contributed by atoms with Crippen LogP contribution in [0.2, 0.25) is 5.02 Å². The molecule has 1 spiro atoms. The molecule has 6 heteroatoms. The van der Waals surface area contributed by atoms with Gasteiger partial charge in [-0.3, -0.25) is 9.69 Å². The Hall–Kier alpha value is -1.75. The molecule has 0 aromatic heterocycles. The van der Waals surface area contributed by atoms with Crippen LogP contribution in [0.15, 0.2) is 24.3 Å². The highest BCUT2D eigenvalue weighted by Crippen LogP contribution is 2.46. The summed E-state index contributed by atoms with van der Waals surface area (Å²) in [5, 5.41) is 3.48. The third-order valence-electron chi connectivity index (χ3n) is 5.03. The molecular weight excluding hydrogens is 340 g/mol. The van der Waals surface area contributed by atoms with Crippen LogP contribution in [-0.2, 0) is 4.79 Å². The number of ether oxygens (including phenoxy) is 1. The number of imide groups is 1. The number of nitrogens with one attached hydrogen (secondary N) is 1. The maximum atomic E-state index is 13.0. The number of hydrogen-bond donors (Lipinski definition) is 1. The molecule has 0 bridgehead atoms. The van der Waals surface area contributed by atoms with Crippen LogP contribution in [0, 0.1) is 11.3 Å². The van der Waals surface area contributed by atoms with Gasteiger partial charge in [-0.25, -0.2) is 4.79 Å². The summed E-state index contributed by atoms with van der Waals surface area (Å²) in [5.74, 6) is 0.825. The molecular formula is C19H25ClN2O3. The van der Waals surface area contributed by atoms with Crippen LogP contribution in [0.1, 0.15) is 40.0 Å². The second-order valence-corrected chi connectivity index (χ2v) is 8.51. The van der Waals surface area contributed by atoms with Crippen molar-refractivity contribution >= 4 is 23.5 Å². The summed E-state index contributed by atoms with van der Waals surface area (Å²) in [6, 6.07) is 6.84. The largest absolute Gasteiger partial charge is 0.490 e. The second-order valence-electron chi connectivity index (χ2n) is 8.10. The minimum Gasteiger partial charge on any atom is -0.490 e. The molecule has 1 aliphatic carbocycles. The summed E-state index contributed by atoms with van der Waals surface area (Å²) in [5.41, 5.74) is -0.729. The van der Waals surface area contributed by atoms with E-state index in [1.165, 1.54) is 4.90 Å². The monoisotopic (exact) mass is 364 g/mol. The SMILES string of the molecule is C[C@@H]1CC(C)(C)C[C@@]2(C1)NC(=O)N(CCOc1ccccc1Cl)C2=O. The van der Waals surface area contributed by atoms with Crippen molar-refractivity contribution in [3.63, 3.8) is 0 Å².